The highest BCUT2D eigenvalue weighted by Gasteiger charge is 2.23. The highest BCUT2D eigenvalue weighted by molar-refractivity contribution is 7.90. The SMILES string of the molecule is COc1c(C)cc(S(=O)(=O)NC(N)=NCCC[C@@H](N)C(=O)OC(C)(C)C)c(C)c1C. The zero-order chi connectivity index (χ0) is 23.3. The van der Waals surface area contributed by atoms with E-state index in [9.17, 15) is 13.2 Å². The Bertz CT molecular complexity index is 905. The predicted octanol–water partition coefficient (Wildman–Crippen LogP) is 1.66. The summed E-state index contributed by atoms with van der Waals surface area (Å²) in [5.74, 6) is -0.0679. The Labute approximate surface area is 179 Å². The van der Waals surface area contributed by atoms with Gasteiger partial charge in [-0.3, -0.25) is 9.79 Å². The number of hydrogen-bond donors (Lipinski definition) is 3. The van der Waals surface area contributed by atoms with E-state index in [0.717, 1.165) is 5.56 Å². The van der Waals surface area contributed by atoms with Gasteiger partial charge in [-0.2, -0.15) is 0 Å². The van der Waals surface area contributed by atoms with Gasteiger partial charge in [0.05, 0.1) is 12.0 Å². The number of hydrogen-bond acceptors (Lipinski definition) is 7. The van der Waals surface area contributed by atoms with Crippen LogP contribution in [0.15, 0.2) is 16.0 Å². The van der Waals surface area contributed by atoms with Crippen molar-refractivity contribution in [1.82, 2.24) is 4.72 Å². The summed E-state index contributed by atoms with van der Waals surface area (Å²) in [6, 6.07) is 0.765. The van der Waals surface area contributed by atoms with E-state index in [0.29, 0.717) is 29.7 Å². The first kappa shape index (κ1) is 25.7. The van der Waals surface area contributed by atoms with Crippen molar-refractivity contribution < 1.29 is 22.7 Å². The molecule has 0 heterocycles. The van der Waals surface area contributed by atoms with Crippen LogP contribution in [0.2, 0.25) is 0 Å². The fourth-order valence-electron chi connectivity index (χ4n) is 2.85. The van der Waals surface area contributed by atoms with Crippen molar-refractivity contribution in [3.63, 3.8) is 0 Å². The number of esters is 1. The molecule has 0 aliphatic rings. The third kappa shape index (κ3) is 7.17. The van der Waals surface area contributed by atoms with E-state index in [-0.39, 0.29) is 17.4 Å². The van der Waals surface area contributed by atoms with E-state index in [2.05, 4.69) is 9.71 Å². The number of methoxy groups -OCH3 is 1. The molecule has 9 nitrogen and oxygen atoms in total. The molecule has 1 aromatic carbocycles. The van der Waals surface area contributed by atoms with Gasteiger partial charge in [-0.25, -0.2) is 13.1 Å². The number of carbonyl (C=O) groups excluding carboxylic acids is 1. The summed E-state index contributed by atoms with van der Waals surface area (Å²) < 4.78 is 38.3. The van der Waals surface area contributed by atoms with Crippen LogP contribution >= 0.6 is 0 Å². The summed E-state index contributed by atoms with van der Waals surface area (Å²) in [6.07, 6.45) is 0.789. The van der Waals surface area contributed by atoms with E-state index in [1.807, 2.05) is 0 Å². The Kier molecular flexibility index (Phi) is 8.67. The zero-order valence-corrected chi connectivity index (χ0v) is 19.6. The fraction of sp³-hybridized carbons (Fsp3) is 0.600. The maximum absolute atomic E-state index is 12.7. The highest BCUT2D eigenvalue weighted by atomic mass is 32.2. The number of guanidine groups is 1. The van der Waals surface area contributed by atoms with E-state index >= 15 is 0 Å². The first-order valence-corrected chi connectivity index (χ1v) is 11.1. The van der Waals surface area contributed by atoms with Gasteiger partial charge in [0, 0.05) is 6.54 Å². The Hall–Kier alpha value is -2.33. The quantitative estimate of drug-likeness (QED) is 0.240. The van der Waals surface area contributed by atoms with Crippen molar-refractivity contribution in [3.8, 4) is 5.75 Å². The molecular formula is C20H34N4O5S. The van der Waals surface area contributed by atoms with Crippen LogP contribution in [0.25, 0.3) is 0 Å². The number of ether oxygens (including phenoxy) is 2. The fourth-order valence-corrected chi connectivity index (χ4v) is 4.18. The average Bonchev–Trinajstić information content (AvgIpc) is 2.60. The Morgan fingerprint density at radius 3 is 2.37 bits per heavy atom. The van der Waals surface area contributed by atoms with Gasteiger partial charge in [0.25, 0.3) is 10.0 Å². The Morgan fingerprint density at radius 1 is 1.23 bits per heavy atom. The van der Waals surface area contributed by atoms with Crippen LogP contribution in [-0.4, -0.2) is 45.6 Å². The van der Waals surface area contributed by atoms with Crippen LogP contribution in [0.5, 0.6) is 5.75 Å². The molecule has 0 saturated carbocycles. The van der Waals surface area contributed by atoms with Crippen LogP contribution in [0.4, 0.5) is 0 Å². The monoisotopic (exact) mass is 442 g/mol. The van der Waals surface area contributed by atoms with E-state index in [1.54, 1.807) is 48.7 Å². The molecule has 0 fully saturated rings. The van der Waals surface area contributed by atoms with Gasteiger partial charge >= 0.3 is 5.97 Å². The maximum atomic E-state index is 12.7. The van der Waals surface area contributed by atoms with Crippen molar-refractivity contribution >= 4 is 22.0 Å². The van der Waals surface area contributed by atoms with Gasteiger partial charge in [0.2, 0.25) is 5.96 Å². The molecule has 0 bridgehead atoms. The molecule has 170 valence electrons. The second kappa shape index (κ2) is 10.1. The Morgan fingerprint density at radius 2 is 1.83 bits per heavy atom. The van der Waals surface area contributed by atoms with Crippen molar-refractivity contribution in [2.45, 2.75) is 70.9 Å². The summed E-state index contributed by atoms with van der Waals surface area (Å²) in [5.41, 5.74) is 13.0. The lowest BCUT2D eigenvalue weighted by molar-refractivity contribution is -0.156. The number of rotatable bonds is 8. The van der Waals surface area contributed by atoms with Crippen LogP contribution < -0.4 is 20.9 Å². The molecule has 0 aromatic heterocycles. The molecule has 0 aliphatic heterocycles. The third-order valence-electron chi connectivity index (χ3n) is 4.38. The first-order valence-electron chi connectivity index (χ1n) is 9.65. The molecule has 0 amide bonds. The smallest absolute Gasteiger partial charge is 0.323 e. The largest absolute Gasteiger partial charge is 0.496 e. The molecule has 1 atom stereocenters. The number of aliphatic imine (C=N–C) groups is 1. The molecule has 0 radical (unpaired) electrons. The molecule has 1 rings (SSSR count). The van der Waals surface area contributed by atoms with Gasteiger partial charge < -0.3 is 20.9 Å². The second-order valence-corrected chi connectivity index (χ2v) is 9.78. The lowest BCUT2D eigenvalue weighted by Crippen LogP contribution is -2.38. The lowest BCUT2D eigenvalue weighted by Gasteiger charge is -2.22. The number of nitrogens with one attached hydrogen (secondary N) is 1. The van der Waals surface area contributed by atoms with Crippen molar-refractivity contribution in [3.05, 3.63) is 22.8 Å². The lowest BCUT2D eigenvalue weighted by atomic mass is 10.1. The minimum Gasteiger partial charge on any atom is -0.496 e. The zero-order valence-electron chi connectivity index (χ0n) is 18.8. The summed E-state index contributed by atoms with van der Waals surface area (Å²) >= 11 is 0. The average molecular weight is 443 g/mol. The minimum absolute atomic E-state index is 0.114. The molecule has 1 aromatic rings. The van der Waals surface area contributed by atoms with E-state index in [4.69, 9.17) is 20.9 Å². The van der Waals surface area contributed by atoms with Crippen LogP contribution in [0, 0.1) is 20.8 Å². The number of nitrogens with two attached hydrogens (primary N) is 2. The van der Waals surface area contributed by atoms with Crippen LogP contribution in [0.3, 0.4) is 0 Å². The van der Waals surface area contributed by atoms with Gasteiger partial charge in [-0.05, 0) is 77.1 Å². The normalized spacial score (nSPS) is 13.7. The molecule has 0 aliphatic carbocycles. The van der Waals surface area contributed by atoms with Gasteiger partial charge in [-0.15, -0.1) is 0 Å². The van der Waals surface area contributed by atoms with Gasteiger partial charge in [0.15, 0.2) is 0 Å². The molecule has 30 heavy (non-hydrogen) atoms. The van der Waals surface area contributed by atoms with Crippen molar-refractivity contribution in [2.24, 2.45) is 16.5 Å². The van der Waals surface area contributed by atoms with Gasteiger partial charge in [-0.1, -0.05) is 0 Å². The molecule has 5 N–H and O–H groups in total. The number of benzene rings is 1. The summed E-state index contributed by atoms with van der Waals surface area (Å²) in [6.45, 7) is 10.8. The van der Waals surface area contributed by atoms with E-state index < -0.39 is 27.6 Å². The number of carbonyl (C=O) groups is 1. The third-order valence-corrected chi connectivity index (χ3v) is 5.86. The summed E-state index contributed by atoms with van der Waals surface area (Å²) in [7, 11) is -2.37. The number of aryl methyl sites for hydroxylation is 1. The van der Waals surface area contributed by atoms with Gasteiger partial charge in [0.1, 0.15) is 17.4 Å². The van der Waals surface area contributed by atoms with Crippen molar-refractivity contribution in [1.29, 1.82) is 0 Å². The molecule has 0 spiro atoms. The second-order valence-electron chi connectivity index (χ2n) is 8.13. The Balaban J connectivity index is 2.75. The number of sulfonamides is 1. The maximum Gasteiger partial charge on any atom is 0.323 e. The van der Waals surface area contributed by atoms with Crippen molar-refractivity contribution in [2.75, 3.05) is 13.7 Å². The topological polar surface area (TPSA) is 146 Å². The molecule has 10 heteroatoms. The molecule has 0 saturated heterocycles. The predicted molar refractivity (Wildman–Crippen MR) is 117 cm³/mol. The number of nitrogens with zero attached hydrogens (tertiary/aromatic N) is 1. The highest BCUT2D eigenvalue weighted by Crippen LogP contribution is 2.30. The van der Waals surface area contributed by atoms with E-state index in [1.165, 1.54) is 6.07 Å². The molecule has 0 unspecified atom stereocenters. The standard InChI is InChI=1S/C20H34N4O5S/c1-12-11-16(13(2)14(3)17(12)28-7)30(26,27)24-19(22)23-10-8-9-15(21)18(25)29-20(4,5)6/h11,15H,8-10,21H2,1-7H3,(H3,22,23,24)/t15-/m1/s1. The molecular weight excluding hydrogens is 408 g/mol. The van der Waals surface area contributed by atoms with Crippen LogP contribution in [-0.2, 0) is 19.6 Å². The minimum atomic E-state index is -3.91. The summed E-state index contributed by atoms with van der Waals surface area (Å²) in [4.78, 5) is 16.0. The first-order chi connectivity index (χ1) is 13.7. The van der Waals surface area contributed by atoms with Crippen LogP contribution in [0.1, 0.15) is 50.3 Å². The summed E-state index contributed by atoms with van der Waals surface area (Å²) in [5, 5.41) is 0.